The maximum atomic E-state index is 12.5. The van der Waals surface area contributed by atoms with E-state index in [0.29, 0.717) is 35.4 Å². The van der Waals surface area contributed by atoms with Crippen LogP contribution in [0.2, 0.25) is 5.02 Å². The number of fused-ring (bicyclic) bond motifs is 1. The Balaban J connectivity index is 1.68. The molecule has 28 heavy (non-hydrogen) atoms. The van der Waals surface area contributed by atoms with Gasteiger partial charge >= 0.3 is 0 Å². The number of hydrogen-bond donors (Lipinski definition) is 0. The molecule has 3 rings (SSSR count). The van der Waals surface area contributed by atoms with Gasteiger partial charge in [-0.25, -0.2) is 0 Å². The monoisotopic (exact) mass is 403 g/mol. The molecule has 148 valence electrons. The highest BCUT2D eigenvalue weighted by Crippen LogP contribution is 2.37. The zero-order valence-corrected chi connectivity index (χ0v) is 16.8. The van der Waals surface area contributed by atoms with Crippen molar-refractivity contribution < 1.29 is 23.7 Å². The van der Waals surface area contributed by atoms with E-state index in [-0.39, 0.29) is 12.7 Å². The van der Waals surface area contributed by atoms with Crippen LogP contribution in [-0.2, 0) is 11.3 Å². The van der Waals surface area contributed by atoms with E-state index >= 15 is 0 Å². The third-order valence-electron chi connectivity index (χ3n) is 4.19. The van der Waals surface area contributed by atoms with Crippen molar-refractivity contribution in [2.24, 2.45) is 0 Å². The first-order chi connectivity index (χ1) is 13.5. The lowest BCUT2D eigenvalue weighted by molar-refractivity contribution is -0.125. The van der Waals surface area contributed by atoms with Gasteiger partial charge < -0.3 is 23.8 Å². The van der Waals surface area contributed by atoms with Crippen molar-refractivity contribution in [1.82, 2.24) is 4.90 Å². The number of halogens is 1. The van der Waals surface area contributed by atoms with E-state index in [1.54, 1.807) is 37.3 Å². The first-order valence-corrected chi connectivity index (χ1v) is 9.21. The zero-order valence-electron chi connectivity index (χ0n) is 16.0. The molecule has 0 bridgehead atoms. The van der Waals surface area contributed by atoms with Crippen molar-refractivity contribution in [1.29, 1.82) is 0 Å². The number of carbonyl (C=O) groups excluding carboxylic acids is 1. The number of likely N-dealkylation sites (N-methyl/N-ethyl adjacent to an activating group) is 1. The predicted octanol–water partition coefficient (Wildman–Crippen LogP) is 4.15. The minimum atomic E-state index is -0.137. The Hall–Kier alpha value is -2.86. The zero-order chi connectivity index (χ0) is 20.1. The molecule has 7 heteroatoms. The molecule has 1 aliphatic rings. The predicted molar refractivity (Wildman–Crippen MR) is 107 cm³/mol. The Labute approximate surface area is 169 Å². The fraction of sp³-hybridized carbons (Fsp3) is 0.286. The Kier molecular flexibility index (Phi) is 6.31. The summed E-state index contributed by atoms with van der Waals surface area (Å²) in [5.41, 5.74) is 1.70. The number of rotatable bonds is 7. The number of nitrogens with zero attached hydrogens (tertiary/aromatic N) is 1. The molecule has 0 saturated carbocycles. The van der Waals surface area contributed by atoms with Gasteiger partial charge in [0.25, 0.3) is 0 Å². The number of hydrogen-bond acceptors (Lipinski definition) is 5. The highest BCUT2D eigenvalue weighted by Gasteiger charge is 2.15. The van der Waals surface area contributed by atoms with Crippen LogP contribution in [0.4, 0.5) is 0 Å². The average Bonchev–Trinajstić information content (AvgIpc) is 3.15. The van der Waals surface area contributed by atoms with Crippen molar-refractivity contribution in [2.75, 3.05) is 27.6 Å². The lowest BCUT2D eigenvalue weighted by Crippen LogP contribution is -2.24. The molecule has 2 aromatic rings. The summed E-state index contributed by atoms with van der Waals surface area (Å²) < 4.78 is 21.5. The van der Waals surface area contributed by atoms with E-state index < -0.39 is 0 Å². The molecule has 0 saturated heterocycles. The largest absolute Gasteiger partial charge is 0.493 e. The first kappa shape index (κ1) is 19.9. The number of carbonyl (C=O) groups is 1. The van der Waals surface area contributed by atoms with Crippen molar-refractivity contribution in [3.8, 4) is 23.0 Å². The second kappa shape index (κ2) is 8.89. The van der Waals surface area contributed by atoms with Crippen LogP contribution < -0.4 is 18.9 Å². The smallest absolute Gasteiger partial charge is 0.246 e. The summed E-state index contributed by atoms with van der Waals surface area (Å²) in [6.45, 7) is 3.03. The van der Waals surface area contributed by atoms with E-state index in [1.165, 1.54) is 6.08 Å². The molecular weight excluding hydrogens is 382 g/mol. The first-order valence-electron chi connectivity index (χ1n) is 8.84. The Morgan fingerprint density at radius 3 is 2.79 bits per heavy atom. The van der Waals surface area contributed by atoms with E-state index in [4.69, 9.17) is 30.5 Å². The maximum absolute atomic E-state index is 12.5. The van der Waals surface area contributed by atoms with E-state index in [1.807, 2.05) is 25.1 Å². The van der Waals surface area contributed by atoms with Crippen molar-refractivity contribution in [3.05, 3.63) is 52.6 Å². The molecule has 0 N–H and O–H groups in total. The van der Waals surface area contributed by atoms with Crippen molar-refractivity contribution in [3.63, 3.8) is 0 Å². The normalized spacial score (nSPS) is 12.3. The summed E-state index contributed by atoms with van der Waals surface area (Å²) >= 11 is 6.27. The third kappa shape index (κ3) is 4.51. The summed E-state index contributed by atoms with van der Waals surface area (Å²) in [5, 5.41) is 0.432. The summed E-state index contributed by atoms with van der Waals surface area (Å²) in [4.78, 5) is 14.1. The Morgan fingerprint density at radius 1 is 1.25 bits per heavy atom. The SMILES string of the molecule is CCOc1c(Cl)cc(/C=C/C(=O)N(C)Cc2ccc3c(c2)OCO3)cc1OC. The number of benzene rings is 2. The molecular formula is C21H22ClNO5. The van der Waals surface area contributed by atoms with Crippen molar-refractivity contribution >= 4 is 23.6 Å². The second-order valence-corrected chi connectivity index (χ2v) is 6.59. The molecule has 0 aliphatic carbocycles. The van der Waals surface area contributed by atoms with Gasteiger partial charge in [0, 0.05) is 19.7 Å². The average molecular weight is 404 g/mol. The summed E-state index contributed by atoms with van der Waals surface area (Å²) in [6.07, 6.45) is 3.20. The Bertz CT molecular complexity index is 897. The van der Waals surface area contributed by atoms with Gasteiger partial charge in [-0.2, -0.15) is 0 Å². The van der Waals surface area contributed by atoms with Crippen LogP contribution in [-0.4, -0.2) is 38.4 Å². The van der Waals surface area contributed by atoms with Crippen LogP contribution in [0.25, 0.3) is 6.08 Å². The molecule has 1 amide bonds. The van der Waals surface area contributed by atoms with E-state index in [2.05, 4.69) is 0 Å². The van der Waals surface area contributed by atoms with Crippen LogP contribution in [0, 0.1) is 0 Å². The summed E-state index contributed by atoms with van der Waals surface area (Å²) in [6, 6.07) is 9.15. The molecule has 0 unspecified atom stereocenters. The molecule has 2 aromatic carbocycles. The quantitative estimate of drug-likeness (QED) is 0.650. The maximum Gasteiger partial charge on any atom is 0.246 e. The van der Waals surface area contributed by atoms with Gasteiger partial charge in [-0.15, -0.1) is 0 Å². The van der Waals surface area contributed by atoms with E-state index in [0.717, 1.165) is 16.9 Å². The van der Waals surface area contributed by atoms with Crippen LogP contribution in [0.15, 0.2) is 36.4 Å². The van der Waals surface area contributed by atoms with Crippen molar-refractivity contribution in [2.45, 2.75) is 13.5 Å². The number of methoxy groups -OCH3 is 1. The molecule has 0 atom stereocenters. The molecule has 0 spiro atoms. The number of ether oxygens (including phenoxy) is 4. The van der Waals surface area contributed by atoms with Crippen LogP contribution in [0.3, 0.4) is 0 Å². The summed E-state index contributed by atoms with van der Waals surface area (Å²) in [7, 11) is 3.29. The van der Waals surface area contributed by atoms with Gasteiger partial charge in [0.2, 0.25) is 12.7 Å². The third-order valence-corrected chi connectivity index (χ3v) is 4.47. The van der Waals surface area contributed by atoms with Gasteiger partial charge in [-0.05, 0) is 48.4 Å². The topological polar surface area (TPSA) is 57.2 Å². The number of amides is 1. The summed E-state index contributed by atoms with van der Waals surface area (Å²) in [5.74, 6) is 2.30. The Morgan fingerprint density at radius 2 is 2.04 bits per heavy atom. The second-order valence-electron chi connectivity index (χ2n) is 6.18. The minimum Gasteiger partial charge on any atom is -0.493 e. The van der Waals surface area contributed by atoms with Crippen LogP contribution in [0.1, 0.15) is 18.1 Å². The van der Waals surface area contributed by atoms with Gasteiger partial charge in [0.1, 0.15) is 0 Å². The molecule has 1 aliphatic heterocycles. The van der Waals surface area contributed by atoms with Crippen LogP contribution >= 0.6 is 11.6 Å². The molecule has 0 aromatic heterocycles. The van der Waals surface area contributed by atoms with Crippen LogP contribution in [0.5, 0.6) is 23.0 Å². The van der Waals surface area contributed by atoms with Gasteiger partial charge in [0.15, 0.2) is 23.0 Å². The molecule has 0 radical (unpaired) electrons. The van der Waals surface area contributed by atoms with Gasteiger partial charge in [0.05, 0.1) is 18.7 Å². The molecule has 6 nitrogen and oxygen atoms in total. The standard InChI is InChI=1S/C21H22ClNO5/c1-4-26-21-16(22)9-14(10-19(21)25-3)6-8-20(24)23(2)12-15-5-7-17-18(11-15)28-13-27-17/h5-11H,4,12-13H2,1-3H3/b8-6+. The fourth-order valence-corrected chi connectivity index (χ4v) is 3.08. The highest BCUT2D eigenvalue weighted by atomic mass is 35.5. The minimum absolute atomic E-state index is 0.137. The van der Waals surface area contributed by atoms with Gasteiger partial charge in [-0.3, -0.25) is 4.79 Å². The molecule has 1 heterocycles. The lowest BCUT2D eigenvalue weighted by atomic mass is 10.1. The molecule has 0 fully saturated rings. The van der Waals surface area contributed by atoms with E-state index in [9.17, 15) is 4.79 Å². The fourth-order valence-electron chi connectivity index (χ4n) is 2.81. The lowest BCUT2D eigenvalue weighted by Gasteiger charge is -2.15. The van der Waals surface area contributed by atoms with Gasteiger partial charge in [-0.1, -0.05) is 17.7 Å². The highest BCUT2D eigenvalue weighted by molar-refractivity contribution is 6.32.